The van der Waals surface area contributed by atoms with E-state index >= 15 is 0 Å². The van der Waals surface area contributed by atoms with E-state index in [1.165, 1.54) is 26.4 Å². The number of ether oxygens (including phenoxy) is 2. The second-order valence-electron chi connectivity index (χ2n) is 4.59. The van der Waals surface area contributed by atoms with Crippen LogP contribution in [0.5, 0.6) is 0 Å². The van der Waals surface area contributed by atoms with Gasteiger partial charge in [-0.2, -0.15) is 0 Å². The van der Waals surface area contributed by atoms with Crippen LogP contribution in [0, 0.1) is 0 Å². The molecule has 0 aliphatic heterocycles. The van der Waals surface area contributed by atoms with Gasteiger partial charge in [0.05, 0.1) is 14.2 Å². The van der Waals surface area contributed by atoms with E-state index in [0.717, 1.165) is 22.2 Å². The molecule has 1 aromatic carbocycles. The number of hydrogen-bond donors (Lipinski definition) is 0. The molecule has 1 heterocycles. The highest BCUT2D eigenvalue weighted by atomic mass is 16.5. The van der Waals surface area contributed by atoms with Gasteiger partial charge in [-0.1, -0.05) is 18.2 Å². The summed E-state index contributed by atoms with van der Waals surface area (Å²) in [4.78, 5) is 22.7. The molecule has 0 radical (unpaired) electrons. The SMILES string of the molecule is COC(=O)/C=C/c1c(/C=C/C(=O)OC)n(C)c2ccccc12. The molecule has 0 amide bonds. The summed E-state index contributed by atoms with van der Waals surface area (Å²) in [7, 11) is 4.55. The van der Waals surface area contributed by atoms with Crippen LogP contribution in [0.3, 0.4) is 0 Å². The predicted octanol–water partition coefficient (Wildman–Crippen LogP) is 2.55. The summed E-state index contributed by atoms with van der Waals surface area (Å²) >= 11 is 0. The van der Waals surface area contributed by atoms with E-state index < -0.39 is 11.9 Å². The number of carbonyl (C=O) groups is 2. The lowest BCUT2D eigenvalue weighted by Gasteiger charge is -2.00. The first kappa shape index (κ1) is 15.6. The Morgan fingerprint density at radius 2 is 1.59 bits per heavy atom. The molecule has 0 unspecified atom stereocenters. The highest BCUT2D eigenvalue weighted by Crippen LogP contribution is 2.27. The van der Waals surface area contributed by atoms with Crippen LogP contribution in [0.1, 0.15) is 11.3 Å². The van der Waals surface area contributed by atoms with Gasteiger partial charge >= 0.3 is 11.9 Å². The first-order valence-corrected chi connectivity index (χ1v) is 6.68. The van der Waals surface area contributed by atoms with Gasteiger partial charge in [-0.15, -0.1) is 0 Å². The molecule has 5 heteroatoms. The van der Waals surface area contributed by atoms with E-state index in [0.29, 0.717) is 0 Å². The molecule has 1 aromatic heterocycles. The van der Waals surface area contributed by atoms with Crippen molar-refractivity contribution in [2.45, 2.75) is 0 Å². The topological polar surface area (TPSA) is 57.5 Å². The summed E-state index contributed by atoms with van der Waals surface area (Å²) in [6.45, 7) is 0. The van der Waals surface area contributed by atoms with Crippen molar-refractivity contribution in [3.8, 4) is 0 Å². The van der Waals surface area contributed by atoms with Gasteiger partial charge in [0.1, 0.15) is 0 Å². The highest BCUT2D eigenvalue weighted by Gasteiger charge is 2.11. The van der Waals surface area contributed by atoms with Gasteiger partial charge in [0.2, 0.25) is 0 Å². The minimum absolute atomic E-state index is 0.434. The van der Waals surface area contributed by atoms with Crippen LogP contribution in [0.15, 0.2) is 36.4 Å². The summed E-state index contributed by atoms with van der Waals surface area (Å²) in [6, 6.07) is 7.79. The van der Waals surface area contributed by atoms with E-state index in [2.05, 4.69) is 9.47 Å². The number of aryl methyl sites for hydroxylation is 1. The number of para-hydroxylation sites is 1. The Balaban J connectivity index is 2.59. The number of hydrogen-bond acceptors (Lipinski definition) is 4. The van der Waals surface area contributed by atoms with E-state index in [4.69, 9.17) is 0 Å². The van der Waals surface area contributed by atoms with Crippen molar-refractivity contribution in [3.63, 3.8) is 0 Å². The van der Waals surface area contributed by atoms with Crippen molar-refractivity contribution >= 4 is 35.0 Å². The molecule has 2 aromatic rings. The molecule has 0 spiro atoms. The number of nitrogens with zero attached hydrogens (tertiary/aromatic N) is 1. The molecule has 114 valence electrons. The maximum atomic E-state index is 11.3. The first-order chi connectivity index (χ1) is 10.6. The molecule has 5 nitrogen and oxygen atoms in total. The minimum Gasteiger partial charge on any atom is -0.466 e. The van der Waals surface area contributed by atoms with Gasteiger partial charge in [-0.05, 0) is 18.2 Å². The standard InChI is InChI=1S/C17H17NO4/c1-18-14-7-5-4-6-12(14)13(8-10-16(19)21-2)15(18)9-11-17(20)22-3/h4-11H,1-3H3/b10-8+,11-9+. The summed E-state index contributed by atoms with van der Waals surface area (Å²) < 4.78 is 11.2. The van der Waals surface area contributed by atoms with Crippen LogP contribution < -0.4 is 0 Å². The smallest absolute Gasteiger partial charge is 0.330 e. The Bertz CT molecular complexity index is 768. The Hall–Kier alpha value is -2.82. The fraction of sp³-hybridized carbons (Fsp3) is 0.176. The Kier molecular flexibility index (Phi) is 4.78. The average Bonchev–Trinajstić information content (AvgIpc) is 2.82. The molecule has 0 saturated carbocycles. The maximum Gasteiger partial charge on any atom is 0.330 e. The lowest BCUT2D eigenvalue weighted by Crippen LogP contribution is -1.96. The van der Waals surface area contributed by atoms with Gasteiger partial charge in [-0.25, -0.2) is 9.59 Å². The molecule has 22 heavy (non-hydrogen) atoms. The lowest BCUT2D eigenvalue weighted by molar-refractivity contribution is -0.135. The Labute approximate surface area is 128 Å². The van der Waals surface area contributed by atoms with E-state index in [9.17, 15) is 9.59 Å². The Morgan fingerprint density at radius 1 is 1.00 bits per heavy atom. The molecule has 0 fully saturated rings. The minimum atomic E-state index is -0.437. The van der Waals surface area contributed by atoms with Crippen molar-refractivity contribution in [1.82, 2.24) is 4.57 Å². The third kappa shape index (κ3) is 3.09. The van der Waals surface area contributed by atoms with Crippen LogP contribution >= 0.6 is 0 Å². The fourth-order valence-electron chi connectivity index (χ4n) is 2.25. The van der Waals surface area contributed by atoms with Gasteiger partial charge < -0.3 is 14.0 Å². The summed E-state index contributed by atoms with van der Waals surface area (Å²) in [5.74, 6) is -0.871. The monoisotopic (exact) mass is 299 g/mol. The molecule has 0 aliphatic carbocycles. The first-order valence-electron chi connectivity index (χ1n) is 6.68. The normalized spacial score (nSPS) is 11.4. The zero-order chi connectivity index (χ0) is 16.1. The van der Waals surface area contributed by atoms with E-state index in [1.54, 1.807) is 12.2 Å². The molecule has 2 rings (SSSR count). The third-order valence-electron chi connectivity index (χ3n) is 3.36. The lowest BCUT2D eigenvalue weighted by atomic mass is 10.1. The number of methoxy groups -OCH3 is 2. The van der Waals surface area contributed by atoms with Crippen LogP contribution in [0.4, 0.5) is 0 Å². The van der Waals surface area contributed by atoms with Crippen LogP contribution in [-0.4, -0.2) is 30.7 Å². The molecule has 0 saturated heterocycles. The largest absolute Gasteiger partial charge is 0.466 e. The van der Waals surface area contributed by atoms with Gasteiger partial charge in [-0.3, -0.25) is 0 Å². The second-order valence-corrected chi connectivity index (χ2v) is 4.59. The molecule has 0 aliphatic rings. The summed E-state index contributed by atoms with van der Waals surface area (Å²) in [5, 5.41) is 0.981. The van der Waals surface area contributed by atoms with Gasteiger partial charge in [0.25, 0.3) is 0 Å². The molecular formula is C17H17NO4. The van der Waals surface area contributed by atoms with Crippen molar-refractivity contribution in [2.75, 3.05) is 14.2 Å². The average molecular weight is 299 g/mol. The predicted molar refractivity (Wildman–Crippen MR) is 85.0 cm³/mol. The highest BCUT2D eigenvalue weighted by molar-refractivity contribution is 5.98. The zero-order valence-corrected chi connectivity index (χ0v) is 12.7. The van der Waals surface area contributed by atoms with Crippen LogP contribution in [0.25, 0.3) is 23.1 Å². The molecule has 0 N–H and O–H groups in total. The van der Waals surface area contributed by atoms with Crippen LogP contribution in [0.2, 0.25) is 0 Å². The second kappa shape index (κ2) is 6.76. The van der Waals surface area contributed by atoms with Crippen molar-refractivity contribution < 1.29 is 19.1 Å². The maximum absolute atomic E-state index is 11.3. The summed E-state index contributed by atoms with van der Waals surface area (Å²) in [6.07, 6.45) is 6.06. The number of fused-ring (bicyclic) bond motifs is 1. The quantitative estimate of drug-likeness (QED) is 0.643. The Morgan fingerprint density at radius 3 is 2.23 bits per heavy atom. The van der Waals surface area contributed by atoms with Crippen molar-refractivity contribution in [3.05, 3.63) is 47.7 Å². The fourth-order valence-corrected chi connectivity index (χ4v) is 2.25. The number of esters is 2. The molecule has 0 atom stereocenters. The molecule has 0 bridgehead atoms. The number of rotatable bonds is 4. The van der Waals surface area contributed by atoms with Gasteiger partial charge in [0.15, 0.2) is 0 Å². The third-order valence-corrected chi connectivity index (χ3v) is 3.36. The van der Waals surface area contributed by atoms with Crippen molar-refractivity contribution in [1.29, 1.82) is 0 Å². The molecular weight excluding hydrogens is 282 g/mol. The van der Waals surface area contributed by atoms with Gasteiger partial charge in [0, 0.05) is 41.4 Å². The van der Waals surface area contributed by atoms with E-state index in [-0.39, 0.29) is 0 Å². The van der Waals surface area contributed by atoms with Crippen molar-refractivity contribution in [2.24, 2.45) is 7.05 Å². The number of aromatic nitrogens is 1. The van der Waals surface area contributed by atoms with Crippen LogP contribution in [-0.2, 0) is 26.1 Å². The zero-order valence-electron chi connectivity index (χ0n) is 12.7. The number of carbonyl (C=O) groups excluding carboxylic acids is 2. The summed E-state index contributed by atoms with van der Waals surface area (Å²) in [5.41, 5.74) is 2.63. The number of benzene rings is 1. The van der Waals surface area contributed by atoms with E-state index in [1.807, 2.05) is 35.9 Å².